The molecule has 2 rings (SSSR count). The SMILES string of the molecule is CS(=O)CCNc1nonc1C(=Nc1ccc(F)cc1Br)NO. The lowest BCUT2D eigenvalue weighted by molar-refractivity contribution is 0.234. The number of rotatable bonds is 6. The van der Waals surface area contributed by atoms with Crippen LogP contribution in [0.25, 0.3) is 0 Å². The van der Waals surface area contributed by atoms with E-state index in [-0.39, 0.29) is 17.3 Å². The molecule has 1 heterocycles. The highest BCUT2D eigenvalue weighted by molar-refractivity contribution is 9.10. The minimum atomic E-state index is -0.961. The number of nitrogens with one attached hydrogen (secondary N) is 2. The molecule has 1 aromatic carbocycles. The number of hydrogen-bond acceptors (Lipinski definition) is 7. The largest absolute Gasteiger partial charge is 0.364 e. The van der Waals surface area contributed by atoms with E-state index in [4.69, 9.17) is 0 Å². The fourth-order valence-electron chi connectivity index (χ4n) is 1.60. The minimum absolute atomic E-state index is 0.0429. The Labute approximate surface area is 141 Å². The van der Waals surface area contributed by atoms with Crippen LogP contribution in [0.4, 0.5) is 15.9 Å². The number of amidine groups is 1. The van der Waals surface area contributed by atoms with Crippen molar-refractivity contribution in [1.82, 2.24) is 15.8 Å². The smallest absolute Gasteiger partial charge is 0.202 e. The number of anilines is 1. The number of hydrogen-bond donors (Lipinski definition) is 3. The van der Waals surface area contributed by atoms with E-state index in [9.17, 15) is 13.8 Å². The van der Waals surface area contributed by atoms with E-state index in [1.807, 2.05) is 5.48 Å². The Kier molecular flexibility index (Phi) is 6.19. The predicted octanol–water partition coefficient (Wildman–Crippen LogP) is 1.82. The van der Waals surface area contributed by atoms with Gasteiger partial charge in [0.2, 0.25) is 5.82 Å². The van der Waals surface area contributed by atoms with Crippen LogP contribution in [0.15, 0.2) is 32.3 Å². The molecule has 0 saturated heterocycles. The van der Waals surface area contributed by atoms with Gasteiger partial charge in [-0.15, -0.1) is 0 Å². The zero-order valence-corrected chi connectivity index (χ0v) is 14.3. The van der Waals surface area contributed by atoms with Crippen molar-refractivity contribution in [3.63, 3.8) is 0 Å². The topological polar surface area (TPSA) is 113 Å². The maximum atomic E-state index is 13.1. The second kappa shape index (κ2) is 8.13. The molecule has 1 aromatic heterocycles. The third kappa shape index (κ3) is 4.81. The molecule has 11 heteroatoms. The van der Waals surface area contributed by atoms with Gasteiger partial charge in [-0.25, -0.2) is 14.0 Å². The Hall–Kier alpha value is -1.85. The molecule has 0 radical (unpaired) electrons. The normalized spacial score (nSPS) is 13.0. The molecule has 1 unspecified atom stereocenters. The molecule has 3 N–H and O–H groups in total. The van der Waals surface area contributed by atoms with Crippen LogP contribution < -0.4 is 10.8 Å². The number of aromatic nitrogens is 2. The highest BCUT2D eigenvalue weighted by Gasteiger charge is 2.17. The van der Waals surface area contributed by atoms with E-state index in [2.05, 4.69) is 41.2 Å². The van der Waals surface area contributed by atoms with Crippen molar-refractivity contribution in [1.29, 1.82) is 0 Å². The molecule has 2 aromatic rings. The van der Waals surface area contributed by atoms with Crippen LogP contribution >= 0.6 is 15.9 Å². The van der Waals surface area contributed by atoms with Gasteiger partial charge in [-0.05, 0) is 44.4 Å². The lowest BCUT2D eigenvalue weighted by atomic mass is 10.3. The molecule has 0 bridgehead atoms. The van der Waals surface area contributed by atoms with Crippen LogP contribution in [-0.4, -0.2) is 44.1 Å². The molecule has 23 heavy (non-hydrogen) atoms. The minimum Gasteiger partial charge on any atom is -0.364 e. The zero-order valence-electron chi connectivity index (χ0n) is 11.9. The Morgan fingerprint density at radius 1 is 1.52 bits per heavy atom. The molecular weight excluding hydrogens is 393 g/mol. The molecule has 0 saturated carbocycles. The summed E-state index contributed by atoms with van der Waals surface area (Å²) in [5, 5.41) is 19.5. The fourth-order valence-corrected chi connectivity index (χ4v) is 2.43. The Morgan fingerprint density at radius 2 is 2.30 bits per heavy atom. The van der Waals surface area contributed by atoms with E-state index in [0.29, 0.717) is 22.5 Å². The van der Waals surface area contributed by atoms with Gasteiger partial charge in [-0.3, -0.25) is 14.9 Å². The average molecular weight is 406 g/mol. The van der Waals surface area contributed by atoms with Crippen molar-refractivity contribution in [3.05, 3.63) is 34.2 Å². The molecule has 1 atom stereocenters. The monoisotopic (exact) mass is 405 g/mol. The van der Waals surface area contributed by atoms with E-state index in [0.717, 1.165) is 0 Å². The van der Waals surface area contributed by atoms with Crippen molar-refractivity contribution in [3.8, 4) is 0 Å². The summed E-state index contributed by atoms with van der Waals surface area (Å²) in [4.78, 5) is 4.14. The van der Waals surface area contributed by atoms with Crippen molar-refractivity contribution >= 4 is 44.1 Å². The van der Waals surface area contributed by atoms with Gasteiger partial charge >= 0.3 is 0 Å². The van der Waals surface area contributed by atoms with Crippen molar-refractivity contribution in [2.24, 2.45) is 4.99 Å². The van der Waals surface area contributed by atoms with Gasteiger partial charge in [-0.2, -0.15) is 0 Å². The van der Waals surface area contributed by atoms with Gasteiger partial charge in [0.15, 0.2) is 11.5 Å². The average Bonchev–Trinajstić information content (AvgIpc) is 2.94. The Bertz CT molecular complexity index is 739. The van der Waals surface area contributed by atoms with E-state index >= 15 is 0 Å². The molecular formula is C12H13BrFN5O3S. The molecule has 0 aliphatic heterocycles. The number of nitrogens with zero attached hydrogens (tertiary/aromatic N) is 3. The third-order valence-electron chi connectivity index (χ3n) is 2.64. The summed E-state index contributed by atoms with van der Waals surface area (Å²) in [6, 6.07) is 3.90. The number of benzene rings is 1. The van der Waals surface area contributed by atoms with Crippen LogP contribution in [0.2, 0.25) is 0 Å². The van der Waals surface area contributed by atoms with Gasteiger partial charge in [-0.1, -0.05) is 0 Å². The van der Waals surface area contributed by atoms with Gasteiger partial charge in [0.1, 0.15) is 5.82 Å². The van der Waals surface area contributed by atoms with Gasteiger partial charge in [0.05, 0.1) is 5.69 Å². The second-order valence-corrected chi connectivity index (χ2v) is 6.74. The highest BCUT2D eigenvalue weighted by atomic mass is 79.9. The predicted molar refractivity (Wildman–Crippen MR) is 86.9 cm³/mol. The van der Waals surface area contributed by atoms with Gasteiger partial charge in [0.25, 0.3) is 0 Å². The first kappa shape index (κ1) is 17.5. The third-order valence-corrected chi connectivity index (χ3v) is 4.06. The summed E-state index contributed by atoms with van der Waals surface area (Å²) < 4.78 is 29.2. The Balaban J connectivity index is 2.25. The summed E-state index contributed by atoms with van der Waals surface area (Å²) in [5.74, 6) is 0.175. The second-order valence-electron chi connectivity index (χ2n) is 4.33. The van der Waals surface area contributed by atoms with Crippen molar-refractivity contribution in [2.45, 2.75) is 0 Å². The lowest BCUT2D eigenvalue weighted by Crippen LogP contribution is -2.22. The molecule has 124 valence electrons. The summed E-state index contributed by atoms with van der Waals surface area (Å²) in [6.45, 7) is 0.378. The first-order chi connectivity index (χ1) is 11.0. The van der Waals surface area contributed by atoms with E-state index < -0.39 is 16.6 Å². The van der Waals surface area contributed by atoms with Crippen LogP contribution in [0.3, 0.4) is 0 Å². The number of hydroxylamine groups is 1. The molecule has 0 aliphatic rings. The number of halogens is 2. The molecule has 0 fully saturated rings. The highest BCUT2D eigenvalue weighted by Crippen LogP contribution is 2.26. The summed E-state index contributed by atoms with van der Waals surface area (Å²) in [7, 11) is -0.961. The summed E-state index contributed by atoms with van der Waals surface area (Å²) >= 11 is 3.18. The van der Waals surface area contributed by atoms with Crippen molar-refractivity contribution in [2.75, 3.05) is 23.9 Å². The first-order valence-electron chi connectivity index (χ1n) is 6.32. The standard InChI is InChI=1S/C12H13BrFN5O3S/c1-23(21)5-4-15-11-10(18-22-19-11)12(17-20)16-9-3-2-7(14)6-8(9)13/h2-3,6,20H,4-5H2,1H3,(H,15,19)(H,16,17). The maximum Gasteiger partial charge on any atom is 0.202 e. The van der Waals surface area contributed by atoms with E-state index in [1.165, 1.54) is 18.2 Å². The van der Waals surface area contributed by atoms with Crippen LogP contribution in [-0.2, 0) is 10.8 Å². The van der Waals surface area contributed by atoms with Crippen LogP contribution in [0, 0.1) is 5.82 Å². The van der Waals surface area contributed by atoms with Gasteiger partial charge in [0, 0.05) is 33.8 Å². The molecule has 0 amide bonds. The molecule has 0 aliphatic carbocycles. The quantitative estimate of drug-likeness (QED) is 0.381. The summed E-state index contributed by atoms with van der Waals surface area (Å²) in [6.07, 6.45) is 1.58. The molecule has 0 spiro atoms. The lowest BCUT2D eigenvalue weighted by Gasteiger charge is -2.05. The summed E-state index contributed by atoms with van der Waals surface area (Å²) in [5.41, 5.74) is 2.40. The van der Waals surface area contributed by atoms with Crippen LogP contribution in [0.5, 0.6) is 0 Å². The number of aliphatic imine (C=N–C) groups is 1. The maximum absolute atomic E-state index is 13.1. The van der Waals surface area contributed by atoms with Crippen LogP contribution in [0.1, 0.15) is 5.69 Å². The zero-order chi connectivity index (χ0) is 16.8. The first-order valence-corrected chi connectivity index (χ1v) is 8.84. The Morgan fingerprint density at radius 3 is 2.96 bits per heavy atom. The fraction of sp³-hybridized carbons (Fsp3) is 0.250. The van der Waals surface area contributed by atoms with Crippen molar-refractivity contribution < 1.29 is 18.4 Å². The van der Waals surface area contributed by atoms with E-state index in [1.54, 1.807) is 6.26 Å². The van der Waals surface area contributed by atoms with Gasteiger partial charge < -0.3 is 5.32 Å². The molecule has 8 nitrogen and oxygen atoms in total.